The summed E-state index contributed by atoms with van der Waals surface area (Å²) >= 11 is 2.06. The van der Waals surface area contributed by atoms with Crippen LogP contribution in [0, 0.1) is 19.3 Å². The molecule has 2 aromatic carbocycles. The molecule has 0 aliphatic carbocycles. The molecule has 3 heterocycles. The summed E-state index contributed by atoms with van der Waals surface area (Å²) < 4.78 is 0. The first-order valence-corrected chi connectivity index (χ1v) is 12.1. The van der Waals surface area contributed by atoms with Gasteiger partial charge in [0.2, 0.25) is 0 Å². The van der Waals surface area contributed by atoms with Gasteiger partial charge in [0.15, 0.2) is 5.78 Å². The summed E-state index contributed by atoms with van der Waals surface area (Å²) in [6.45, 7) is 6.42. The zero-order valence-corrected chi connectivity index (χ0v) is 19.0. The lowest BCUT2D eigenvalue weighted by molar-refractivity contribution is 0.0977. The number of carbonyl (C=O) groups is 1. The maximum Gasteiger partial charge on any atom is 0.163 e. The highest BCUT2D eigenvalue weighted by molar-refractivity contribution is 8.00. The third-order valence-electron chi connectivity index (χ3n) is 6.70. The lowest BCUT2D eigenvalue weighted by Gasteiger charge is -2.56. The number of aryl methyl sites for hydroxylation is 2. The van der Waals surface area contributed by atoms with E-state index in [2.05, 4.69) is 77.1 Å². The van der Waals surface area contributed by atoms with Crippen molar-refractivity contribution in [2.45, 2.75) is 26.2 Å². The van der Waals surface area contributed by atoms with E-state index in [9.17, 15) is 4.79 Å². The van der Waals surface area contributed by atoms with Crippen molar-refractivity contribution in [2.24, 2.45) is 5.41 Å². The Hall–Kier alpha value is -2.59. The van der Waals surface area contributed by atoms with Gasteiger partial charge in [-0.15, -0.1) is 0 Å². The third-order valence-corrected chi connectivity index (χ3v) is 8.33. The average Bonchev–Trinajstić information content (AvgIpc) is 2.71. The molecular formula is C27H28N2OS. The minimum atomic E-state index is 0.0435. The Morgan fingerprint density at radius 2 is 1.81 bits per heavy atom. The second-order valence-corrected chi connectivity index (χ2v) is 10.1. The highest BCUT2D eigenvalue weighted by Gasteiger charge is 2.48. The van der Waals surface area contributed by atoms with Gasteiger partial charge < -0.3 is 4.90 Å². The first-order valence-electron chi connectivity index (χ1n) is 11.0. The van der Waals surface area contributed by atoms with E-state index >= 15 is 0 Å². The summed E-state index contributed by atoms with van der Waals surface area (Å²) in [5.74, 6) is 2.83. The van der Waals surface area contributed by atoms with Gasteiger partial charge in [0.25, 0.3) is 0 Å². The summed E-state index contributed by atoms with van der Waals surface area (Å²) in [7, 11) is 0. The van der Waals surface area contributed by atoms with Crippen molar-refractivity contribution in [1.29, 1.82) is 0 Å². The molecule has 4 heteroatoms. The highest BCUT2D eigenvalue weighted by atomic mass is 32.2. The second-order valence-electron chi connectivity index (χ2n) is 9.16. The molecule has 0 saturated carbocycles. The van der Waals surface area contributed by atoms with Crippen LogP contribution in [-0.4, -0.2) is 35.4 Å². The Bertz CT molecular complexity index is 1100. The summed E-state index contributed by atoms with van der Waals surface area (Å²) in [6.07, 6.45) is 2.18. The number of hydrogen-bond donors (Lipinski definition) is 0. The predicted molar refractivity (Wildman–Crippen MR) is 129 cm³/mol. The van der Waals surface area contributed by atoms with Crippen molar-refractivity contribution >= 4 is 23.2 Å². The van der Waals surface area contributed by atoms with Crippen molar-refractivity contribution in [3.8, 4) is 0 Å². The molecular weight excluding hydrogens is 400 g/mol. The third kappa shape index (κ3) is 4.01. The number of benzene rings is 2. The van der Waals surface area contributed by atoms with E-state index in [0.717, 1.165) is 11.3 Å². The van der Waals surface area contributed by atoms with E-state index in [1.54, 1.807) is 6.20 Å². The van der Waals surface area contributed by atoms with E-state index in [-0.39, 0.29) is 11.7 Å². The van der Waals surface area contributed by atoms with Crippen molar-refractivity contribution in [1.82, 2.24) is 4.98 Å². The summed E-state index contributed by atoms with van der Waals surface area (Å²) in [6, 6.07) is 21.0. The summed E-state index contributed by atoms with van der Waals surface area (Å²) in [5, 5.41) is 0. The minimum Gasteiger partial charge on any atom is -0.370 e. The lowest BCUT2D eigenvalue weighted by atomic mass is 9.81. The zero-order chi connectivity index (χ0) is 21.4. The largest absolute Gasteiger partial charge is 0.370 e. The van der Waals surface area contributed by atoms with Gasteiger partial charge in [-0.25, -0.2) is 0 Å². The number of rotatable bonds is 6. The molecule has 2 aliphatic rings. The molecule has 158 valence electrons. The molecule has 2 fully saturated rings. The highest BCUT2D eigenvalue weighted by Crippen LogP contribution is 2.47. The lowest BCUT2D eigenvalue weighted by Crippen LogP contribution is -2.63. The zero-order valence-electron chi connectivity index (χ0n) is 18.2. The molecule has 5 rings (SSSR count). The fourth-order valence-corrected chi connectivity index (χ4v) is 5.99. The topological polar surface area (TPSA) is 33.2 Å². The van der Waals surface area contributed by atoms with Crippen LogP contribution in [0.4, 0.5) is 5.69 Å². The summed E-state index contributed by atoms with van der Waals surface area (Å²) in [4.78, 5) is 19.9. The van der Waals surface area contributed by atoms with Gasteiger partial charge in [-0.05, 0) is 54.8 Å². The van der Waals surface area contributed by atoms with Gasteiger partial charge in [-0.1, -0.05) is 36.4 Å². The molecule has 0 amide bonds. The summed E-state index contributed by atoms with van der Waals surface area (Å²) in [5.41, 5.74) is 7.15. The molecule has 2 aliphatic heterocycles. The fraction of sp³-hybridized carbons (Fsp3) is 0.333. The molecule has 31 heavy (non-hydrogen) atoms. The second kappa shape index (κ2) is 8.16. The minimum absolute atomic E-state index is 0.0435. The van der Waals surface area contributed by atoms with Crippen LogP contribution in [0.2, 0.25) is 0 Å². The number of thioether (sulfide) groups is 1. The van der Waals surface area contributed by atoms with Crippen LogP contribution in [0.25, 0.3) is 0 Å². The fourth-order valence-electron chi connectivity index (χ4n) is 4.84. The van der Waals surface area contributed by atoms with Crippen LogP contribution in [-0.2, 0) is 0 Å². The monoisotopic (exact) mass is 428 g/mol. The number of ketones is 1. The normalized spacial score (nSPS) is 17.7. The van der Waals surface area contributed by atoms with Crippen molar-refractivity contribution < 1.29 is 4.79 Å². The molecule has 0 unspecified atom stereocenters. The van der Waals surface area contributed by atoms with E-state index in [1.807, 2.05) is 19.1 Å². The Morgan fingerprint density at radius 1 is 1.06 bits per heavy atom. The molecule has 0 radical (unpaired) electrons. The molecule has 3 nitrogen and oxygen atoms in total. The molecule has 1 aromatic heterocycles. The SMILES string of the molecule is Cc1cc(C(=O)C[C@H](c2ccc(N3CC4(CSC4)C3)cc2)c2ccccc2C)ccn1. The van der Waals surface area contributed by atoms with Crippen LogP contribution in [0.5, 0.6) is 0 Å². The Kier molecular flexibility index (Phi) is 5.35. The molecule has 2 saturated heterocycles. The molecule has 1 atom stereocenters. The van der Waals surface area contributed by atoms with E-state index in [4.69, 9.17) is 0 Å². The first kappa shape index (κ1) is 20.3. The maximum absolute atomic E-state index is 13.2. The van der Waals surface area contributed by atoms with Gasteiger partial charge in [-0.3, -0.25) is 9.78 Å². The Morgan fingerprint density at radius 3 is 2.45 bits per heavy atom. The molecule has 1 spiro atoms. The number of anilines is 1. The Labute approximate surface area is 188 Å². The Balaban J connectivity index is 1.40. The molecule has 3 aromatic rings. The standard InChI is InChI=1S/C27H28N2OS/c1-19-5-3-4-6-24(19)25(14-26(30)22-11-12-28-20(2)13-22)21-7-9-23(10-8-21)29-15-27(16-29)17-31-18-27/h3-13,25H,14-18H2,1-2H3/t25-/m1/s1. The predicted octanol–water partition coefficient (Wildman–Crippen LogP) is 5.66. The van der Waals surface area contributed by atoms with Gasteiger partial charge in [0.05, 0.1) is 0 Å². The van der Waals surface area contributed by atoms with Gasteiger partial charge in [-0.2, -0.15) is 11.8 Å². The van der Waals surface area contributed by atoms with Crippen LogP contribution < -0.4 is 4.90 Å². The molecule has 0 bridgehead atoms. The van der Waals surface area contributed by atoms with Crippen LogP contribution >= 0.6 is 11.8 Å². The number of carbonyl (C=O) groups excluding carboxylic acids is 1. The average molecular weight is 429 g/mol. The van der Waals surface area contributed by atoms with Crippen molar-refractivity contribution in [2.75, 3.05) is 29.5 Å². The number of nitrogens with zero attached hydrogens (tertiary/aromatic N) is 2. The van der Waals surface area contributed by atoms with E-state index in [0.29, 0.717) is 11.8 Å². The van der Waals surface area contributed by atoms with Gasteiger partial charge in [0.1, 0.15) is 0 Å². The van der Waals surface area contributed by atoms with E-state index < -0.39 is 0 Å². The van der Waals surface area contributed by atoms with Crippen molar-refractivity contribution in [3.63, 3.8) is 0 Å². The van der Waals surface area contributed by atoms with Crippen LogP contribution in [0.3, 0.4) is 0 Å². The smallest absolute Gasteiger partial charge is 0.163 e. The van der Waals surface area contributed by atoms with Crippen LogP contribution in [0.15, 0.2) is 66.9 Å². The van der Waals surface area contributed by atoms with Crippen molar-refractivity contribution in [3.05, 3.63) is 94.8 Å². The maximum atomic E-state index is 13.2. The van der Waals surface area contributed by atoms with Crippen LogP contribution in [0.1, 0.15) is 45.1 Å². The van der Waals surface area contributed by atoms with Gasteiger partial charge in [0, 0.05) is 65.5 Å². The first-order chi connectivity index (χ1) is 15.0. The van der Waals surface area contributed by atoms with E-state index in [1.165, 1.54) is 47.0 Å². The number of hydrogen-bond acceptors (Lipinski definition) is 4. The number of pyridine rings is 1. The molecule has 0 N–H and O–H groups in total. The number of Topliss-reactive ketones (excluding diaryl/α,β-unsaturated/α-hetero) is 1. The number of aromatic nitrogens is 1. The van der Waals surface area contributed by atoms with Gasteiger partial charge >= 0.3 is 0 Å². The quantitative estimate of drug-likeness (QED) is 0.475.